The summed E-state index contributed by atoms with van der Waals surface area (Å²) in [6.45, 7) is 0. The van der Waals surface area contributed by atoms with Crippen LogP contribution in [-0.2, 0) is 9.59 Å². The second kappa shape index (κ2) is 6.93. The molecule has 0 radical (unpaired) electrons. The lowest BCUT2D eigenvalue weighted by molar-refractivity contribution is -0.131. The Morgan fingerprint density at radius 3 is 2.48 bits per heavy atom. The number of hydrogen-bond donors (Lipinski definition) is 2. The molecule has 1 aromatic carbocycles. The number of carbonyl (C=O) groups excluding carboxylic acids is 3. The molecule has 0 spiro atoms. The first-order valence-corrected chi connectivity index (χ1v) is 7.51. The van der Waals surface area contributed by atoms with Gasteiger partial charge in [0, 0.05) is 24.7 Å². The molecule has 0 bridgehead atoms. The zero-order valence-corrected chi connectivity index (χ0v) is 14.1. The molecular formula is C14H15ClN4O3S. The third-order valence-corrected chi connectivity index (χ3v) is 4.13. The van der Waals surface area contributed by atoms with Crippen molar-refractivity contribution >= 4 is 46.7 Å². The van der Waals surface area contributed by atoms with Crippen molar-refractivity contribution in [1.29, 1.82) is 0 Å². The van der Waals surface area contributed by atoms with Crippen molar-refractivity contribution in [1.82, 2.24) is 20.7 Å². The van der Waals surface area contributed by atoms with Gasteiger partial charge in [0.15, 0.2) is 5.11 Å². The van der Waals surface area contributed by atoms with Crippen LogP contribution in [0.2, 0.25) is 5.02 Å². The van der Waals surface area contributed by atoms with Crippen molar-refractivity contribution in [2.45, 2.75) is 12.5 Å². The van der Waals surface area contributed by atoms with Gasteiger partial charge in [0.05, 0.1) is 6.42 Å². The molecule has 1 atom stereocenters. The van der Waals surface area contributed by atoms with Crippen LogP contribution in [0.5, 0.6) is 0 Å². The van der Waals surface area contributed by atoms with E-state index in [0.717, 1.165) is 0 Å². The molecule has 9 heteroatoms. The van der Waals surface area contributed by atoms with Gasteiger partial charge in [-0.1, -0.05) is 11.6 Å². The Kier molecular flexibility index (Phi) is 5.17. The summed E-state index contributed by atoms with van der Waals surface area (Å²) >= 11 is 10.9. The Hall–Kier alpha value is -2.19. The van der Waals surface area contributed by atoms with Gasteiger partial charge in [-0.3, -0.25) is 24.7 Å². The molecule has 1 aromatic rings. The number of nitrogens with zero attached hydrogens (tertiary/aromatic N) is 2. The zero-order valence-electron chi connectivity index (χ0n) is 12.5. The fourth-order valence-corrected chi connectivity index (χ4v) is 2.47. The predicted molar refractivity (Wildman–Crippen MR) is 88.6 cm³/mol. The molecular weight excluding hydrogens is 340 g/mol. The van der Waals surface area contributed by atoms with Crippen LogP contribution in [0.15, 0.2) is 24.3 Å². The number of halogens is 1. The van der Waals surface area contributed by atoms with E-state index in [2.05, 4.69) is 10.7 Å². The minimum absolute atomic E-state index is 0.110. The molecule has 1 heterocycles. The Labute approximate surface area is 143 Å². The van der Waals surface area contributed by atoms with Crippen LogP contribution in [0.4, 0.5) is 0 Å². The quantitative estimate of drug-likeness (QED) is 0.772. The smallest absolute Gasteiger partial charge is 0.269 e. The number of hydrazine groups is 1. The summed E-state index contributed by atoms with van der Waals surface area (Å²) in [5.74, 6) is -1.13. The molecule has 1 fully saturated rings. The standard InChI is InChI=1S/C14H15ClN4O3S/c1-16-11(20)7-10-13(22)18(2)14(23)19(10)17-12(21)8-3-5-9(15)6-4-8/h3-6,10H,7H2,1-2H3,(H,16,20)(H,17,21)/t10-/m0/s1. The molecule has 0 unspecified atom stereocenters. The maximum absolute atomic E-state index is 12.3. The minimum atomic E-state index is -0.872. The monoisotopic (exact) mass is 354 g/mol. The molecule has 0 aromatic heterocycles. The number of hydrogen-bond acceptors (Lipinski definition) is 4. The largest absolute Gasteiger partial charge is 0.359 e. The molecule has 2 N–H and O–H groups in total. The first kappa shape index (κ1) is 17.2. The van der Waals surface area contributed by atoms with Crippen molar-refractivity contribution in [3.05, 3.63) is 34.9 Å². The van der Waals surface area contributed by atoms with Crippen LogP contribution < -0.4 is 10.7 Å². The third kappa shape index (κ3) is 3.59. The number of carbonyl (C=O) groups is 3. The van der Waals surface area contributed by atoms with Gasteiger partial charge in [-0.15, -0.1) is 0 Å². The second-order valence-electron chi connectivity index (χ2n) is 4.89. The molecule has 23 heavy (non-hydrogen) atoms. The van der Waals surface area contributed by atoms with Gasteiger partial charge in [-0.2, -0.15) is 0 Å². The maximum atomic E-state index is 12.3. The molecule has 7 nitrogen and oxygen atoms in total. The fourth-order valence-electron chi connectivity index (χ4n) is 2.08. The van der Waals surface area contributed by atoms with E-state index in [4.69, 9.17) is 23.8 Å². The molecule has 1 aliphatic rings. The van der Waals surface area contributed by atoms with Crippen LogP contribution in [0, 0.1) is 0 Å². The zero-order chi connectivity index (χ0) is 17.1. The normalized spacial score (nSPS) is 17.4. The predicted octanol–water partition coefficient (Wildman–Crippen LogP) is 0.548. The molecule has 0 saturated carbocycles. The van der Waals surface area contributed by atoms with Crippen LogP contribution >= 0.6 is 23.8 Å². The topological polar surface area (TPSA) is 81.8 Å². The number of amides is 3. The highest BCUT2D eigenvalue weighted by Gasteiger charge is 2.42. The van der Waals surface area contributed by atoms with Crippen molar-refractivity contribution in [3.8, 4) is 0 Å². The van der Waals surface area contributed by atoms with Crippen LogP contribution in [0.1, 0.15) is 16.8 Å². The lowest BCUT2D eigenvalue weighted by Crippen LogP contribution is -2.49. The molecule has 2 rings (SSSR count). The van der Waals surface area contributed by atoms with Crippen molar-refractivity contribution in [2.75, 3.05) is 14.1 Å². The molecule has 1 aliphatic heterocycles. The van der Waals surface area contributed by atoms with Crippen molar-refractivity contribution < 1.29 is 14.4 Å². The Bertz CT molecular complexity index is 664. The lowest BCUT2D eigenvalue weighted by atomic mass is 10.2. The number of thiocarbonyl (C=S) groups is 1. The molecule has 3 amide bonds. The third-order valence-electron chi connectivity index (χ3n) is 3.41. The number of rotatable bonds is 4. The highest BCUT2D eigenvalue weighted by molar-refractivity contribution is 7.80. The van der Waals surface area contributed by atoms with Gasteiger partial charge in [0.1, 0.15) is 6.04 Å². The van der Waals surface area contributed by atoms with Crippen molar-refractivity contribution in [2.24, 2.45) is 0 Å². The van der Waals surface area contributed by atoms with E-state index in [9.17, 15) is 14.4 Å². The number of nitrogens with one attached hydrogen (secondary N) is 2. The Balaban J connectivity index is 2.18. The van der Waals surface area contributed by atoms with Gasteiger partial charge < -0.3 is 5.32 Å². The first-order chi connectivity index (χ1) is 10.8. The van der Waals surface area contributed by atoms with Gasteiger partial charge in [0.2, 0.25) is 5.91 Å². The van der Waals surface area contributed by atoms with Crippen LogP contribution in [0.25, 0.3) is 0 Å². The van der Waals surface area contributed by atoms with Gasteiger partial charge >= 0.3 is 0 Å². The Morgan fingerprint density at radius 2 is 1.91 bits per heavy atom. The maximum Gasteiger partial charge on any atom is 0.269 e. The SMILES string of the molecule is CNC(=O)C[C@H]1C(=O)N(C)C(=S)N1NC(=O)c1ccc(Cl)cc1. The summed E-state index contributed by atoms with van der Waals surface area (Å²) in [6.07, 6.45) is -0.110. The van der Waals surface area contributed by atoms with E-state index in [-0.39, 0.29) is 23.3 Å². The summed E-state index contributed by atoms with van der Waals surface area (Å²) in [4.78, 5) is 37.3. The molecule has 122 valence electrons. The van der Waals surface area contributed by atoms with Crippen LogP contribution in [-0.4, -0.2) is 52.9 Å². The molecule has 1 saturated heterocycles. The highest BCUT2D eigenvalue weighted by atomic mass is 35.5. The second-order valence-corrected chi connectivity index (χ2v) is 5.69. The summed E-state index contributed by atoms with van der Waals surface area (Å²) in [6, 6.07) is 5.39. The number of benzene rings is 1. The average molecular weight is 355 g/mol. The summed E-state index contributed by atoms with van der Waals surface area (Å²) in [5.41, 5.74) is 2.93. The fraction of sp³-hybridized carbons (Fsp3) is 0.286. The summed E-state index contributed by atoms with van der Waals surface area (Å²) < 4.78 is 0. The van der Waals surface area contributed by atoms with Crippen LogP contribution in [0.3, 0.4) is 0 Å². The van der Waals surface area contributed by atoms with Gasteiger partial charge in [-0.25, -0.2) is 5.01 Å². The van der Waals surface area contributed by atoms with E-state index in [0.29, 0.717) is 10.6 Å². The van der Waals surface area contributed by atoms with E-state index in [1.807, 2.05) is 0 Å². The minimum Gasteiger partial charge on any atom is -0.359 e. The van der Waals surface area contributed by atoms with Gasteiger partial charge in [-0.05, 0) is 36.5 Å². The molecule has 0 aliphatic carbocycles. The highest BCUT2D eigenvalue weighted by Crippen LogP contribution is 2.18. The summed E-state index contributed by atoms with van der Waals surface area (Å²) in [7, 11) is 2.97. The van der Waals surface area contributed by atoms with E-state index < -0.39 is 11.9 Å². The lowest BCUT2D eigenvalue weighted by Gasteiger charge is -2.23. The van der Waals surface area contributed by atoms with E-state index in [1.54, 1.807) is 24.3 Å². The Morgan fingerprint density at radius 1 is 1.30 bits per heavy atom. The van der Waals surface area contributed by atoms with E-state index >= 15 is 0 Å². The van der Waals surface area contributed by atoms with Crippen molar-refractivity contribution in [3.63, 3.8) is 0 Å². The van der Waals surface area contributed by atoms with E-state index in [1.165, 1.54) is 24.0 Å². The van der Waals surface area contributed by atoms with Gasteiger partial charge in [0.25, 0.3) is 11.8 Å². The average Bonchev–Trinajstić information content (AvgIpc) is 2.73. The summed E-state index contributed by atoms with van der Waals surface area (Å²) in [5, 5.41) is 4.32. The first-order valence-electron chi connectivity index (χ1n) is 6.73. The number of likely N-dealkylation sites (N-methyl/N-ethyl adjacent to an activating group) is 1.